The van der Waals surface area contributed by atoms with Crippen molar-refractivity contribution in [3.8, 4) is 22.5 Å². The number of imidazole rings is 1. The van der Waals surface area contributed by atoms with Crippen molar-refractivity contribution in [1.29, 1.82) is 0 Å². The fourth-order valence-corrected chi connectivity index (χ4v) is 6.00. The number of benzene rings is 2. The van der Waals surface area contributed by atoms with Gasteiger partial charge in [-0.25, -0.2) is 4.98 Å². The average molecular weight is 521 g/mol. The van der Waals surface area contributed by atoms with Crippen molar-refractivity contribution in [2.45, 2.75) is 84.1 Å². The van der Waals surface area contributed by atoms with Crippen LogP contribution in [0.1, 0.15) is 100 Å². The van der Waals surface area contributed by atoms with E-state index in [2.05, 4.69) is 95.4 Å². The number of aromatic amines is 1. The van der Waals surface area contributed by atoms with Gasteiger partial charge in [0, 0.05) is 11.5 Å². The lowest BCUT2D eigenvalue weighted by Gasteiger charge is -2.23. The second-order valence-corrected chi connectivity index (χ2v) is 11.3. The minimum absolute atomic E-state index is 0.241. The summed E-state index contributed by atoms with van der Waals surface area (Å²) in [5, 5.41) is 24.4. The van der Waals surface area contributed by atoms with Gasteiger partial charge in [-0.05, 0) is 46.6 Å². The Balaban J connectivity index is 1.56. The Kier molecular flexibility index (Phi) is 6.94. The average Bonchev–Trinajstić information content (AvgIpc) is 3.62. The molecule has 1 aliphatic rings. The van der Waals surface area contributed by atoms with Gasteiger partial charge >= 0.3 is 0 Å². The van der Waals surface area contributed by atoms with Crippen molar-refractivity contribution < 1.29 is 0 Å². The van der Waals surface area contributed by atoms with Crippen molar-refractivity contribution in [3.63, 3.8) is 0 Å². The predicted octanol–water partition coefficient (Wildman–Crippen LogP) is 7.02. The zero-order valence-electron chi connectivity index (χ0n) is 23.2. The number of nitrogens with zero attached hydrogens (tertiary/aromatic N) is 7. The van der Waals surface area contributed by atoms with E-state index in [0.29, 0.717) is 18.3 Å². The number of tetrazole rings is 1. The summed E-state index contributed by atoms with van der Waals surface area (Å²) in [6.07, 6.45) is 6.19. The first-order valence-electron chi connectivity index (χ1n) is 14.2. The number of fused-ring (bicyclic) bond motifs is 1. The summed E-state index contributed by atoms with van der Waals surface area (Å²) < 4.78 is 2.47. The minimum atomic E-state index is 0.241. The summed E-state index contributed by atoms with van der Waals surface area (Å²) >= 11 is 0. The topological polar surface area (TPSA) is 98.1 Å². The number of aromatic nitrogens is 8. The third-order valence-corrected chi connectivity index (χ3v) is 7.96. The smallest absolute Gasteiger partial charge is 0.205 e. The Morgan fingerprint density at radius 3 is 2.15 bits per heavy atom. The Morgan fingerprint density at radius 2 is 1.46 bits per heavy atom. The summed E-state index contributed by atoms with van der Waals surface area (Å²) in [6.45, 7) is 9.47. The molecule has 6 rings (SSSR count). The van der Waals surface area contributed by atoms with Crippen molar-refractivity contribution >= 4 is 11.0 Å². The predicted molar refractivity (Wildman–Crippen MR) is 153 cm³/mol. The Hall–Kier alpha value is -3.94. The molecule has 5 aromatic rings. The Morgan fingerprint density at radius 1 is 0.795 bits per heavy atom. The normalized spacial score (nSPS) is 14.6. The van der Waals surface area contributed by atoms with Crippen LogP contribution in [0.25, 0.3) is 33.5 Å². The molecule has 1 saturated carbocycles. The summed E-state index contributed by atoms with van der Waals surface area (Å²) in [5.74, 6) is 2.72. The maximum absolute atomic E-state index is 5.39. The number of H-pyrrole nitrogens is 1. The van der Waals surface area contributed by atoms with Gasteiger partial charge in [0.05, 0.1) is 23.4 Å². The van der Waals surface area contributed by atoms with E-state index in [1.807, 2.05) is 6.07 Å². The lowest BCUT2D eigenvalue weighted by molar-refractivity contribution is 0.420. The minimum Gasteiger partial charge on any atom is -0.322 e. The molecule has 3 aromatic heterocycles. The van der Waals surface area contributed by atoms with Crippen molar-refractivity contribution in [2.24, 2.45) is 0 Å². The summed E-state index contributed by atoms with van der Waals surface area (Å²) in [6, 6.07) is 16.9. The van der Waals surface area contributed by atoms with Crippen LogP contribution in [0.15, 0.2) is 48.5 Å². The Labute approximate surface area is 229 Å². The first-order chi connectivity index (χ1) is 19.0. The maximum atomic E-state index is 5.39. The third-order valence-electron chi connectivity index (χ3n) is 7.96. The molecule has 39 heavy (non-hydrogen) atoms. The number of hydrogen-bond acceptors (Lipinski definition) is 6. The van der Waals surface area contributed by atoms with Crippen molar-refractivity contribution in [3.05, 3.63) is 71.3 Å². The fourth-order valence-electron chi connectivity index (χ4n) is 6.00. The van der Waals surface area contributed by atoms with Crippen LogP contribution in [0.3, 0.4) is 0 Å². The van der Waals surface area contributed by atoms with Gasteiger partial charge in [0.15, 0.2) is 0 Å². The second kappa shape index (κ2) is 10.7. The summed E-state index contributed by atoms with van der Waals surface area (Å²) in [7, 11) is 0. The molecule has 0 radical (unpaired) electrons. The van der Waals surface area contributed by atoms with Crippen LogP contribution in [0.5, 0.6) is 0 Å². The lowest BCUT2D eigenvalue weighted by Crippen LogP contribution is -2.14. The molecule has 0 unspecified atom stereocenters. The van der Waals surface area contributed by atoms with Gasteiger partial charge in [0.25, 0.3) is 0 Å². The van der Waals surface area contributed by atoms with Crippen LogP contribution in [-0.2, 0) is 6.54 Å². The summed E-state index contributed by atoms with van der Waals surface area (Å²) in [4.78, 5) is 5.39. The highest BCUT2D eigenvalue weighted by Gasteiger charge is 2.28. The van der Waals surface area contributed by atoms with Crippen molar-refractivity contribution in [2.75, 3.05) is 0 Å². The van der Waals surface area contributed by atoms with E-state index in [4.69, 9.17) is 15.2 Å². The fraction of sp³-hybridized carbons (Fsp3) is 0.419. The van der Waals surface area contributed by atoms with E-state index in [1.54, 1.807) is 0 Å². The number of hydrogen-bond donors (Lipinski definition) is 1. The van der Waals surface area contributed by atoms with E-state index >= 15 is 0 Å². The van der Waals surface area contributed by atoms with E-state index < -0.39 is 0 Å². The van der Waals surface area contributed by atoms with Crippen LogP contribution >= 0.6 is 0 Å². The molecule has 8 nitrogen and oxygen atoms in total. The van der Waals surface area contributed by atoms with Gasteiger partial charge in [-0.3, -0.25) is 0 Å². The molecule has 0 atom stereocenters. The molecular formula is C31H36N8. The standard InChI is InChI=1S/C31H36N8/c1-19(2)26-28-29(27(20(3)4)34-33-26)39(31(32-28)21-12-6-5-7-13-21)18-22-14-8-9-15-23(22)24-16-10-11-17-25(24)30-35-37-38-36-30/h8-11,14-17,19-21H,5-7,12-13,18H2,1-4H3,(H,35,36,37,38). The molecule has 1 N–H and O–H groups in total. The third kappa shape index (κ3) is 4.73. The van der Waals surface area contributed by atoms with Crippen molar-refractivity contribution in [1.82, 2.24) is 40.4 Å². The molecule has 2 aromatic carbocycles. The second-order valence-electron chi connectivity index (χ2n) is 11.3. The maximum Gasteiger partial charge on any atom is 0.205 e. The molecule has 0 spiro atoms. The molecule has 0 amide bonds. The van der Waals surface area contributed by atoms with E-state index in [1.165, 1.54) is 43.5 Å². The largest absolute Gasteiger partial charge is 0.322 e. The van der Waals surface area contributed by atoms with E-state index in [-0.39, 0.29) is 11.8 Å². The molecule has 0 saturated heterocycles. The first-order valence-corrected chi connectivity index (χ1v) is 14.2. The van der Waals surface area contributed by atoms with Crippen LogP contribution in [0.4, 0.5) is 0 Å². The van der Waals surface area contributed by atoms with Crippen LogP contribution in [-0.4, -0.2) is 40.4 Å². The molecule has 1 fully saturated rings. The van der Waals surface area contributed by atoms with Gasteiger partial charge in [-0.1, -0.05) is 95.5 Å². The van der Waals surface area contributed by atoms with Crippen LogP contribution in [0.2, 0.25) is 0 Å². The lowest BCUT2D eigenvalue weighted by atomic mass is 9.88. The van der Waals surface area contributed by atoms with E-state index in [9.17, 15) is 0 Å². The Bertz CT molecular complexity index is 1580. The molecule has 3 heterocycles. The molecule has 200 valence electrons. The zero-order chi connectivity index (χ0) is 26.9. The SMILES string of the molecule is CC(C)c1nnc(C(C)C)c2c1nc(C1CCCCC1)n2Cc1ccccc1-c1ccccc1-c1nn[nH]n1. The molecule has 1 aliphatic carbocycles. The highest BCUT2D eigenvalue weighted by atomic mass is 15.5. The van der Waals surface area contributed by atoms with Gasteiger partial charge in [0.1, 0.15) is 11.3 Å². The first kappa shape index (κ1) is 25.3. The number of rotatable bonds is 7. The monoisotopic (exact) mass is 520 g/mol. The van der Waals surface area contributed by atoms with Gasteiger partial charge in [-0.15, -0.1) is 10.2 Å². The highest BCUT2D eigenvalue weighted by molar-refractivity contribution is 5.84. The molecule has 0 aliphatic heterocycles. The highest BCUT2D eigenvalue weighted by Crippen LogP contribution is 2.39. The summed E-state index contributed by atoms with van der Waals surface area (Å²) in [5.41, 5.74) is 8.60. The van der Waals surface area contributed by atoms with Crippen LogP contribution < -0.4 is 0 Å². The van der Waals surface area contributed by atoms with E-state index in [0.717, 1.165) is 39.1 Å². The zero-order valence-corrected chi connectivity index (χ0v) is 23.2. The van der Waals surface area contributed by atoms with Crippen LogP contribution in [0, 0.1) is 0 Å². The van der Waals surface area contributed by atoms with Gasteiger partial charge in [0.2, 0.25) is 5.82 Å². The molecule has 8 heteroatoms. The number of nitrogens with one attached hydrogen (secondary N) is 1. The van der Waals surface area contributed by atoms with Gasteiger partial charge in [-0.2, -0.15) is 15.4 Å². The molecular weight excluding hydrogens is 484 g/mol. The van der Waals surface area contributed by atoms with Gasteiger partial charge < -0.3 is 4.57 Å². The molecule has 0 bridgehead atoms. The quantitative estimate of drug-likeness (QED) is 0.248.